The second-order valence-corrected chi connectivity index (χ2v) is 4.06. The van der Waals surface area contributed by atoms with E-state index in [2.05, 4.69) is 10.9 Å². The number of hydrogen-bond donors (Lipinski definition) is 2. The molecule has 0 heterocycles. The summed E-state index contributed by atoms with van der Waals surface area (Å²) in [5.74, 6) is 0.716. The van der Waals surface area contributed by atoms with Crippen molar-refractivity contribution in [1.82, 2.24) is 10.9 Å². The van der Waals surface area contributed by atoms with E-state index in [9.17, 15) is 4.79 Å². The van der Waals surface area contributed by atoms with Crippen molar-refractivity contribution in [3.8, 4) is 5.75 Å². The predicted molar refractivity (Wildman–Crippen MR) is 63.2 cm³/mol. The third-order valence-electron chi connectivity index (χ3n) is 2.62. The summed E-state index contributed by atoms with van der Waals surface area (Å²) in [7, 11) is 3.29. The molecule has 0 aliphatic heterocycles. The normalized spacial score (nSPS) is 11.0. The molecule has 0 saturated carbocycles. The highest BCUT2D eigenvalue weighted by atomic mass is 16.5. The number of benzene rings is 1. The molecule has 0 aromatic heterocycles. The molecular weight excluding hydrogens is 204 g/mol. The van der Waals surface area contributed by atoms with Crippen molar-refractivity contribution in [2.24, 2.45) is 0 Å². The van der Waals surface area contributed by atoms with Crippen molar-refractivity contribution >= 4 is 5.91 Å². The van der Waals surface area contributed by atoms with Gasteiger partial charge in [-0.05, 0) is 31.5 Å². The lowest BCUT2D eigenvalue weighted by Crippen LogP contribution is -2.45. The zero-order valence-electron chi connectivity index (χ0n) is 10.1. The van der Waals surface area contributed by atoms with Crippen LogP contribution in [0.25, 0.3) is 0 Å². The predicted octanol–water partition coefficient (Wildman–Crippen LogP) is 1.22. The second-order valence-electron chi connectivity index (χ2n) is 4.06. The fourth-order valence-corrected chi connectivity index (χ4v) is 1.41. The van der Waals surface area contributed by atoms with Crippen LogP contribution in [0.3, 0.4) is 0 Å². The summed E-state index contributed by atoms with van der Waals surface area (Å²) in [5, 5.41) is 0. The van der Waals surface area contributed by atoms with Crippen LogP contribution in [0.15, 0.2) is 24.3 Å². The van der Waals surface area contributed by atoms with Gasteiger partial charge in [-0.1, -0.05) is 12.1 Å². The molecule has 1 aromatic carbocycles. The van der Waals surface area contributed by atoms with E-state index in [1.54, 1.807) is 14.2 Å². The molecule has 4 heteroatoms. The minimum Gasteiger partial charge on any atom is -0.497 e. The van der Waals surface area contributed by atoms with Gasteiger partial charge in [0.1, 0.15) is 5.75 Å². The molecular formula is C12H18N2O2. The molecule has 0 spiro atoms. The average Bonchev–Trinajstić information content (AvgIpc) is 2.29. The molecule has 1 aromatic rings. The first-order chi connectivity index (χ1) is 7.52. The maximum Gasteiger partial charge on any atom is 0.244 e. The maximum absolute atomic E-state index is 11.8. The molecule has 0 unspecified atom stereocenters. The number of carbonyl (C=O) groups is 1. The van der Waals surface area contributed by atoms with Gasteiger partial charge in [0, 0.05) is 7.05 Å². The SMILES string of the molecule is CNNC(=O)C(C)(C)c1ccc(OC)cc1. The Bertz CT molecular complexity index is 358. The van der Waals surface area contributed by atoms with Crippen LogP contribution in [0.2, 0.25) is 0 Å². The fraction of sp³-hybridized carbons (Fsp3) is 0.417. The first-order valence-corrected chi connectivity index (χ1v) is 5.14. The number of nitrogens with one attached hydrogen (secondary N) is 2. The molecule has 0 atom stereocenters. The average molecular weight is 222 g/mol. The summed E-state index contributed by atoms with van der Waals surface area (Å²) in [6.45, 7) is 3.75. The van der Waals surface area contributed by atoms with E-state index in [0.717, 1.165) is 11.3 Å². The van der Waals surface area contributed by atoms with Crippen LogP contribution in [0, 0.1) is 0 Å². The summed E-state index contributed by atoms with van der Waals surface area (Å²) >= 11 is 0. The number of hydrogen-bond acceptors (Lipinski definition) is 3. The molecule has 16 heavy (non-hydrogen) atoms. The van der Waals surface area contributed by atoms with Gasteiger partial charge in [-0.25, -0.2) is 5.43 Å². The third-order valence-corrected chi connectivity index (χ3v) is 2.62. The van der Waals surface area contributed by atoms with Crippen LogP contribution in [-0.2, 0) is 10.2 Å². The van der Waals surface area contributed by atoms with Gasteiger partial charge in [-0.2, -0.15) is 0 Å². The minimum atomic E-state index is -0.574. The lowest BCUT2D eigenvalue weighted by Gasteiger charge is -2.23. The highest BCUT2D eigenvalue weighted by Crippen LogP contribution is 2.25. The molecule has 0 saturated heterocycles. The molecule has 1 rings (SSSR count). The standard InChI is InChI=1S/C12H18N2O2/c1-12(2,11(15)14-13-3)9-5-7-10(16-4)8-6-9/h5-8,13H,1-4H3,(H,14,15). The van der Waals surface area contributed by atoms with Crippen molar-refractivity contribution in [1.29, 1.82) is 0 Å². The van der Waals surface area contributed by atoms with Crippen LogP contribution < -0.4 is 15.6 Å². The third kappa shape index (κ3) is 2.52. The number of rotatable bonds is 4. The highest BCUT2D eigenvalue weighted by Gasteiger charge is 2.29. The van der Waals surface area contributed by atoms with E-state index in [1.165, 1.54) is 0 Å². The smallest absolute Gasteiger partial charge is 0.244 e. The topological polar surface area (TPSA) is 50.4 Å². The minimum absolute atomic E-state index is 0.0693. The van der Waals surface area contributed by atoms with Crippen LogP contribution in [0.4, 0.5) is 0 Å². The van der Waals surface area contributed by atoms with E-state index in [1.807, 2.05) is 38.1 Å². The molecule has 1 amide bonds. The Kier molecular flexibility index (Phi) is 3.90. The van der Waals surface area contributed by atoms with Gasteiger partial charge in [0.2, 0.25) is 5.91 Å². The molecule has 0 bridgehead atoms. The second kappa shape index (κ2) is 4.99. The molecule has 4 nitrogen and oxygen atoms in total. The Morgan fingerprint density at radius 2 is 1.81 bits per heavy atom. The first-order valence-electron chi connectivity index (χ1n) is 5.14. The van der Waals surface area contributed by atoms with Gasteiger partial charge in [-0.3, -0.25) is 10.2 Å². The summed E-state index contributed by atoms with van der Waals surface area (Å²) in [6.07, 6.45) is 0. The number of methoxy groups -OCH3 is 1. The van der Waals surface area contributed by atoms with E-state index in [0.29, 0.717) is 0 Å². The number of amides is 1. The van der Waals surface area contributed by atoms with Crippen LogP contribution in [0.5, 0.6) is 5.75 Å². The Hall–Kier alpha value is -1.55. The summed E-state index contributed by atoms with van der Waals surface area (Å²) in [5.41, 5.74) is 5.61. The Morgan fingerprint density at radius 3 is 2.25 bits per heavy atom. The van der Waals surface area contributed by atoms with E-state index in [4.69, 9.17) is 4.74 Å². The molecule has 0 radical (unpaired) electrons. The lowest BCUT2D eigenvalue weighted by molar-refractivity contribution is -0.126. The monoisotopic (exact) mass is 222 g/mol. The highest BCUT2D eigenvalue weighted by molar-refractivity contribution is 5.86. The van der Waals surface area contributed by atoms with E-state index in [-0.39, 0.29) is 5.91 Å². The maximum atomic E-state index is 11.8. The zero-order valence-corrected chi connectivity index (χ0v) is 10.1. The number of ether oxygens (including phenoxy) is 1. The van der Waals surface area contributed by atoms with Gasteiger partial charge in [0.05, 0.1) is 12.5 Å². The van der Waals surface area contributed by atoms with E-state index >= 15 is 0 Å². The van der Waals surface area contributed by atoms with Crippen molar-refractivity contribution in [3.63, 3.8) is 0 Å². The van der Waals surface area contributed by atoms with Crippen molar-refractivity contribution in [2.45, 2.75) is 19.3 Å². The molecule has 0 aliphatic rings. The van der Waals surface area contributed by atoms with Crippen molar-refractivity contribution in [2.75, 3.05) is 14.2 Å². The Labute approximate surface area is 96.0 Å². The van der Waals surface area contributed by atoms with Gasteiger partial charge in [0.25, 0.3) is 0 Å². The largest absolute Gasteiger partial charge is 0.497 e. The van der Waals surface area contributed by atoms with Gasteiger partial charge >= 0.3 is 0 Å². The molecule has 0 aliphatic carbocycles. The van der Waals surface area contributed by atoms with Crippen molar-refractivity contribution in [3.05, 3.63) is 29.8 Å². The molecule has 88 valence electrons. The first kappa shape index (κ1) is 12.5. The quantitative estimate of drug-likeness (QED) is 0.753. The molecule has 0 fully saturated rings. The van der Waals surface area contributed by atoms with Gasteiger partial charge in [-0.15, -0.1) is 0 Å². The summed E-state index contributed by atoms with van der Waals surface area (Å²) in [6, 6.07) is 7.50. The van der Waals surface area contributed by atoms with Crippen molar-refractivity contribution < 1.29 is 9.53 Å². The molecule has 2 N–H and O–H groups in total. The van der Waals surface area contributed by atoms with Crippen LogP contribution >= 0.6 is 0 Å². The van der Waals surface area contributed by atoms with Crippen LogP contribution in [-0.4, -0.2) is 20.1 Å². The van der Waals surface area contributed by atoms with Gasteiger partial charge in [0.15, 0.2) is 0 Å². The summed E-state index contributed by atoms with van der Waals surface area (Å²) < 4.78 is 5.08. The Balaban J connectivity index is 2.93. The van der Waals surface area contributed by atoms with Crippen LogP contribution in [0.1, 0.15) is 19.4 Å². The number of carbonyl (C=O) groups excluding carboxylic acids is 1. The lowest BCUT2D eigenvalue weighted by atomic mass is 9.84. The van der Waals surface area contributed by atoms with E-state index < -0.39 is 5.41 Å². The Morgan fingerprint density at radius 1 is 1.25 bits per heavy atom. The summed E-state index contributed by atoms with van der Waals surface area (Å²) in [4.78, 5) is 11.8. The van der Waals surface area contributed by atoms with Gasteiger partial charge < -0.3 is 4.74 Å². The fourth-order valence-electron chi connectivity index (χ4n) is 1.41. The number of hydrazine groups is 1. The zero-order chi connectivity index (χ0) is 12.2.